The molecule has 164 valence electrons. The fourth-order valence-corrected chi connectivity index (χ4v) is 4.97. The topological polar surface area (TPSA) is 70.1 Å². The molecule has 1 saturated heterocycles. The van der Waals surface area contributed by atoms with Crippen molar-refractivity contribution in [3.63, 3.8) is 0 Å². The van der Waals surface area contributed by atoms with Crippen LogP contribution in [-0.2, 0) is 0 Å². The highest BCUT2D eigenvalue weighted by Crippen LogP contribution is 2.41. The fraction of sp³-hybridized carbons (Fsp3) is 0.280. The van der Waals surface area contributed by atoms with E-state index in [2.05, 4.69) is 14.9 Å². The number of nitrogens with zero attached hydrogens (tertiary/aromatic N) is 1. The van der Waals surface area contributed by atoms with E-state index in [0.717, 1.165) is 76.1 Å². The van der Waals surface area contributed by atoms with Crippen molar-refractivity contribution in [3.05, 3.63) is 54.1 Å². The zero-order valence-electron chi connectivity index (χ0n) is 17.6. The molecule has 5 aromatic rings. The standard InChI is InChI=1S/C25H24F2N4O/c26-14-2-4-21-17(10-14)19-12-20-18-11-15(27)3-5-22(18)30-24(20)25(23(19)29-21)32-9-1-7-31-8-6-16(28)13-31/h2-5,10-12,16,29-30H,1,6-9,13,28H2. The summed E-state index contributed by atoms with van der Waals surface area (Å²) in [4.78, 5) is 9.16. The van der Waals surface area contributed by atoms with Gasteiger partial charge in [-0.2, -0.15) is 0 Å². The third-order valence-corrected chi connectivity index (χ3v) is 6.52. The summed E-state index contributed by atoms with van der Waals surface area (Å²) in [5, 5.41) is 3.28. The van der Waals surface area contributed by atoms with E-state index in [1.807, 2.05) is 6.07 Å². The Hall–Kier alpha value is -3.16. The maximum Gasteiger partial charge on any atom is 0.167 e. The van der Waals surface area contributed by atoms with Gasteiger partial charge in [0.2, 0.25) is 0 Å². The molecule has 3 heterocycles. The Morgan fingerprint density at radius 1 is 0.906 bits per heavy atom. The smallest absolute Gasteiger partial charge is 0.167 e. The largest absolute Gasteiger partial charge is 0.489 e. The summed E-state index contributed by atoms with van der Waals surface area (Å²) in [6, 6.07) is 11.6. The molecule has 3 aromatic carbocycles. The number of benzene rings is 3. The molecule has 0 radical (unpaired) electrons. The van der Waals surface area contributed by atoms with Crippen molar-refractivity contribution in [2.24, 2.45) is 5.73 Å². The number of nitrogens with one attached hydrogen (secondary N) is 2. The van der Waals surface area contributed by atoms with Crippen LogP contribution in [-0.4, -0.2) is 47.2 Å². The molecule has 1 atom stereocenters. The Labute approximate surface area is 183 Å². The van der Waals surface area contributed by atoms with Gasteiger partial charge in [0.15, 0.2) is 5.75 Å². The summed E-state index contributed by atoms with van der Waals surface area (Å²) in [6.07, 6.45) is 1.91. The maximum atomic E-state index is 14.0. The van der Waals surface area contributed by atoms with Gasteiger partial charge in [-0.1, -0.05) is 0 Å². The minimum atomic E-state index is -0.297. The first-order chi connectivity index (χ1) is 15.6. The lowest BCUT2D eigenvalue weighted by molar-refractivity contribution is 0.265. The van der Waals surface area contributed by atoms with Crippen LogP contribution in [0.15, 0.2) is 42.5 Å². The Kier molecular flexibility index (Phi) is 4.55. The molecule has 1 aliphatic rings. The number of hydrogen-bond acceptors (Lipinski definition) is 3. The Morgan fingerprint density at radius 3 is 2.09 bits per heavy atom. The molecule has 1 fully saturated rings. The zero-order valence-corrected chi connectivity index (χ0v) is 17.6. The van der Waals surface area contributed by atoms with Crippen LogP contribution in [0.5, 0.6) is 5.75 Å². The van der Waals surface area contributed by atoms with Gasteiger partial charge in [0.1, 0.15) is 11.6 Å². The number of H-pyrrole nitrogens is 2. The van der Waals surface area contributed by atoms with Crippen LogP contribution in [0.3, 0.4) is 0 Å². The second kappa shape index (κ2) is 7.46. The summed E-state index contributed by atoms with van der Waals surface area (Å²) < 4.78 is 34.4. The predicted octanol–water partition coefficient (Wildman–Crippen LogP) is 5.04. The number of halogens is 2. The van der Waals surface area contributed by atoms with Crippen molar-refractivity contribution in [1.29, 1.82) is 0 Å². The van der Waals surface area contributed by atoms with Gasteiger partial charge in [-0.05, 0) is 61.9 Å². The van der Waals surface area contributed by atoms with Gasteiger partial charge in [-0.15, -0.1) is 0 Å². The molecule has 0 spiro atoms. The molecule has 7 heteroatoms. The van der Waals surface area contributed by atoms with Crippen LogP contribution < -0.4 is 10.5 Å². The number of fused-ring (bicyclic) bond motifs is 6. The molecule has 1 aliphatic heterocycles. The van der Waals surface area contributed by atoms with Crippen LogP contribution in [0.2, 0.25) is 0 Å². The minimum Gasteiger partial charge on any atom is -0.489 e. The first-order valence-electron chi connectivity index (χ1n) is 11.0. The van der Waals surface area contributed by atoms with E-state index in [4.69, 9.17) is 10.5 Å². The first kappa shape index (κ1) is 19.5. The second-order valence-electron chi connectivity index (χ2n) is 8.73. The molecule has 1 unspecified atom stereocenters. The van der Waals surface area contributed by atoms with Gasteiger partial charge in [0.05, 0.1) is 17.6 Å². The Morgan fingerprint density at radius 2 is 1.53 bits per heavy atom. The quantitative estimate of drug-likeness (QED) is 0.340. The van der Waals surface area contributed by atoms with Crippen molar-refractivity contribution in [3.8, 4) is 5.75 Å². The van der Waals surface area contributed by atoms with Gasteiger partial charge < -0.3 is 25.3 Å². The van der Waals surface area contributed by atoms with Crippen molar-refractivity contribution in [2.45, 2.75) is 18.9 Å². The molecule has 6 rings (SSSR count). The fourth-order valence-electron chi connectivity index (χ4n) is 4.97. The molecule has 32 heavy (non-hydrogen) atoms. The van der Waals surface area contributed by atoms with E-state index in [0.29, 0.717) is 12.4 Å². The number of hydrogen-bond donors (Lipinski definition) is 3. The number of nitrogens with two attached hydrogens (primary N) is 1. The van der Waals surface area contributed by atoms with Crippen LogP contribution in [0.4, 0.5) is 8.78 Å². The van der Waals surface area contributed by atoms with Gasteiger partial charge in [-0.25, -0.2) is 8.78 Å². The summed E-state index contributed by atoms with van der Waals surface area (Å²) in [5.41, 5.74) is 9.30. The molecular formula is C25H24F2N4O. The van der Waals surface area contributed by atoms with Crippen LogP contribution in [0.1, 0.15) is 12.8 Å². The van der Waals surface area contributed by atoms with Crippen LogP contribution >= 0.6 is 0 Å². The number of rotatable bonds is 5. The summed E-state index contributed by atoms with van der Waals surface area (Å²) >= 11 is 0. The molecule has 4 N–H and O–H groups in total. The summed E-state index contributed by atoms with van der Waals surface area (Å²) in [7, 11) is 0. The first-order valence-corrected chi connectivity index (χ1v) is 11.0. The maximum absolute atomic E-state index is 14.0. The van der Waals surface area contributed by atoms with E-state index in [-0.39, 0.29) is 17.7 Å². The highest BCUT2D eigenvalue weighted by Gasteiger charge is 2.20. The van der Waals surface area contributed by atoms with Crippen molar-refractivity contribution < 1.29 is 13.5 Å². The van der Waals surface area contributed by atoms with Crippen molar-refractivity contribution in [2.75, 3.05) is 26.2 Å². The van der Waals surface area contributed by atoms with E-state index in [1.54, 1.807) is 12.1 Å². The third-order valence-electron chi connectivity index (χ3n) is 6.52. The normalized spacial score (nSPS) is 17.4. The second-order valence-corrected chi connectivity index (χ2v) is 8.73. The molecule has 2 aromatic heterocycles. The minimum absolute atomic E-state index is 0.266. The lowest BCUT2D eigenvalue weighted by Gasteiger charge is -2.15. The van der Waals surface area contributed by atoms with Crippen molar-refractivity contribution in [1.82, 2.24) is 14.9 Å². The van der Waals surface area contributed by atoms with Crippen LogP contribution in [0.25, 0.3) is 43.6 Å². The molecular weight excluding hydrogens is 410 g/mol. The van der Waals surface area contributed by atoms with E-state index in [9.17, 15) is 8.78 Å². The van der Waals surface area contributed by atoms with Crippen LogP contribution in [0, 0.1) is 11.6 Å². The average molecular weight is 434 g/mol. The molecule has 0 aliphatic carbocycles. The highest BCUT2D eigenvalue weighted by molar-refractivity contribution is 6.20. The zero-order chi connectivity index (χ0) is 21.8. The average Bonchev–Trinajstić information content (AvgIpc) is 3.46. The van der Waals surface area contributed by atoms with Crippen molar-refractivity contribution >= 4 is 43.6 Å². The highest BCUT2D eigenvalue weighted by atomic mass is 19.1. The van der Waals surface area contributed by atoms with Gasteiger partial charge in [-0.3, -0.25) is 0 Å². The predicted molar refractivity (Wildman–Crippen MR) is 124 cm³/mol. The van der Waals surface area contributed by atoms with E-state index < -0.39 is 0 Å². The monoisotopic (exact) mass is 434 g/mol. The Bertz CT molecular complexity index is 1380. The van der Waals surface area contributed by atoms with Gasteiger partial charge in [0.25, 0.3) is 0 Å². The number of likely N-dealkylation sites (tertiary alicyclic amines) is 1. The number of aromatic nitrogens is 2. The number of aromatic amines is 2. The van der Waals surface area contributed by atoms with Gasteiger partial charge >= 0.3 is 0 Å². The van der Waals surface area contributed by atoms with Gasteiger partial charge in [0, 0.05) is 51.7 Å². The molecule has 5 nitrogen and oxygen atoms in total. The van der Waals surface area contributed by atoms with E-state index >= 15 is 0 Å². The molecule has 0 bridgehead atoms. The summed E-state index contributed by atoms with van der Waals surface area (Å²) in [5.74, 6) is 0.0911. The molecule has 0 saturated carbocycles. The Balaban J connectivity index is 1.45. The molecule has 0 amide bonds. The van der Waals surface area contributed by atoms with E-state index in [1.165, 1.54) is 24.3 Å². The third kappa shape index (κ3) is 3.20. The lowest BCUT2D eigenvalue weighted by Crippen LogP contribution is -2.28. The summed E-state index contributed by atoms with van der Waals surface area (Å²) in [6.45, 7) is 3.43. The SMILES string of the molecule is NC1CCN(CCCOc2c3[nH]c4ccc(F)cc4c3cc3c2[nH]c2ccc(F)cc23)C1. The number of ether oxygens (including phenoxy) is 1. The lowest BCUT2D eigenvalue weighted by atomic mass is 10.1.